The molecule has 3 aromatic carbocycles. The second kappa shape index (κ2) is 6.04. The molecule has 0 N–H and O–H groups in total. The van der Waals surface area contributed by atoms with Gasteiger partial charge in [0.1, 0.15) is 5.82 Å². The lowest BCUT2D eigenvalue weighted by molar-refractivity contribution is 0.626. The zero-order valence-corrected chi connectivity index (χ0v) is 14.6. The lowest BCUT2D eigenvalue weighted by atomic mass is 10.2. The highest BCUT2D eigenvalue weighted by Gasteiger charge is 2.16. The van der Waals surface area contributed by atoms with Crippen molar-refractivity contribution in [2.24, 2.45) is 0 Å². The molecule has 0 aliphatic rings. The van der Waals surface area contributed by atoms with Crippen molar-refractivity contribution in [3.63, 3.8) is 0 Å². The highest BCUT2D eigenvalue weighted by Crippen LogP contribution is 2.32. The number of aromatic nitrogens is 3. The summed E-state index contributed by atoms with van der Waals surface area (Å²) in [6, 6.07) is 22.8. The predicted octanol–water partition coefficient (Wildman–Crippen LogP) is 5.50. The molecule has 0 spiro atoms. The zero-order valence-electron chi connectivity index (χ0n) is 13.8. The number of halogens is 1. The second-order valence-corrected chi connectivity index (χ2v) is 7.15. The molecular formula is C21H14FN3S. The Hall–Kier alpha value is -3.05. The summed E-state index contributed by atoms with van der Waals surface area (Å²) in [5.74, 6) is 0.618. The van der Waals surface area contributed by atoms with Crippen LogP contribution in [0.1, 0.15) is 5.56 Å². The van der Waals surface area contributed by atoms with Crippen LogP contribution < -0.4 is 0 Å². The molecule has 2 aromatic heterocycles. The Morgan fingerprint density at radius 3 is 2.35 bits per heavy atom. The first-order valence-corrected chi connectivity index (χ1v) is 9.15. The number of hydrogen-bond donors (Lipinski definition) is 0. The number of para-hydroxylation sites is 3. The normalized spacial score (nSPS) is 11.4. The SMILES string of the molecule is Fc1ccc(Cn2c(-c3nc4ccccc4s3)nc3ccccc32)cc1. The molecule has 0 aliphatic heterocycles. The van der Waals surface area contributed by atoms with Gasteiger partial charge in [-0.15, -0.1) is 11.3 Å². The molecule has 0 fully saturated rings. The van der Waals surface area contributed by atoms with Gasteiger partial charge in [0.2, 0.25) is 0 Å². The Morgan fingerprint density at radius 1 is 0.808 bits per heavy atom. The van der Waals surface area contributed by atoms with Gasteiger partial charge in [-0.3, -0.25) is 0 Å². The van der Waals surface area contributed by atoms with Crippen LogP contribution in [0.15, 0.2) is 72.8 Å². The summed E-state index contributed by atoms with van der Waals surface area (Å²) in [5.41, 5.74) is 3.99. The topological polar surface area (TPSA) is 30.7 Å². The number of imidazole rings is 1. The van der Waals surface area contributed by atoms with Crippen LogP contribution in [0.25, 0.3) is 32.1 Å². The van der Waals surface area contributed by atoms with E-state index in [1.807, 2.05) is 48.5 Å². The molecule has 126 valence electrons. The number of nitrogens with zero attached hydrogens (tertiary/aromatic N) is 3. The number of thiazole rings is 1. The molecule has 26 heavy (non-hydrogen) atoms. The van der Waals surface area contributed by atoms with Crippen LogP contribution in [-0.4, -0.2) is 14.5 Å². The Labute approximate surface area is 153 Å². The fourth-order valence-corrected chi connectivity index (χ4v) is 4.10. The van der Waals surface area contributed by atoms with Crippen molar-refractivity contribution >= 4 is 32.6 Å². The lowest BCUT2D eigenvalue weighted by Gasteiger charge is -2.08. The maximum atomic E-state index is 13.3. The van der Waals surface area contributed by atoms with E-state index in [2.05, 4.69) is 16.7 Å². The van der Waals surface area contributed by atoms with Crippen molar-refractivity contribution in [2.75, 3.05) is 0 Å². The number of hydrogen-bond acceptors (Lipinski definition) is 3. The van der Waals surface area contributed by atoms with Crippen LogP contribution in [0.3, 0.4) is 0 Å². The van der Waals surface area contributed by atoms with Gasteiger partial charge in [0.15, 0.2) is 10.8 Å². The quantitative estimate of drug-likeness (QED) is 0.426. The molecule has 0 unspecified atom stereocenters. The van der Waals surface area contributed by atoms with Gasteiger partial charge >= 0.3 is 0 Å². The van der Waals surface area contributed by atoms with Gasteiger partial charge in [-0.2, -0.15) is 0 Å². The van der Waals surface area contributed by atoms with E-state index in [1.165, 1.54) is 12.1 Å². The van der Waals surface area contributed by atoms with Gasteiger partial charge in [-0.1, -0.05) is 36.4 Å². The van der Waals surface area contributed by atoms with Crippen LogP contribution in [0.5, 0.6) is 0 Å². The molecule has 0 atom stereocenters. The predicted molar refractivity (Wildman–Crippen MR) is 104 cm³/mol. The third-order valence-corrected chi connectivity index (χ3v) is 5.43. The average molecular weight is 359 g/mol. The van der Waals surface area contributed by atoms with E-state index in [9.17, 15) is 4.39 Å². The van der Waals surface area contributed by atoms with Gasteiger partial charge in [-0.05, 0) is 42.0 Å². The van der Waals surface area contributed by atoms with Crippen molar-refractivity contribution < 1.29 is 4.39 Å². The van der Waals surface area contributed by atoms with Crippen molar-refractivity contribution in [3.05, 3.63) is 84.2 Å². The fraction of sp³-hybridized carbons (Fsp3) is 0.0476. The zero-order chi connectivity index (χ0) is 17.5. The van der Waals surface area contributed by atoms with Crippen molar-refractivity contribution in [1.29, 1.82) is 0 Å². The highest BCUT2D eigenvalue weighted by atomic mass is 32.1. The molecule has 0 bridgehead atoms. The van der Waals surface area contributed by atoms with E-state index < -0.39 is 0 Å². The van der Waals surface area contributed by atoms with E-state index in [1.54, 1.807) is 11.3 Å². The Kier molecular flexibility index (Phi) is 3.53. The maximum absolute atomic E-state index is 13.3. The standard InChI is InChI=1S/C21H14FN3S/c22-15-11-9-14(10-12-15)13-25-18-7-3-1-5-16(18)23-20(25)21-24-17-6-2-4-8-19(17)26-21/h1-12H,13H2. The van der Waals surface area contributed by atoms with Crippen LogP contribution in [-0.2, 0) is 6.54 Å². The van der Waals surface area contributed by atoms with Crippen molar-refractivity contribution in [3.8, 4) is 10.8 Å². The molecule has 5 rings (SSSR count). The van der Waals surface area contributed by atoms with Gasteiger partial charge in [0.25, 0.3) is 0 Å². The summed E-state index contributed by atoms with van der Waals surface area (Å²) in [5, 5.41) is 0.893. The lowest BCUT2D eigenvalue weighted by Crippen LogP contribution is -2.02. The molecule has 3 nitrogen and oxygen atoms in total. The monoisotopic (exact) mass is 359 g/mol. The second-order valence-electron chi connectivity index (χ2n) is 6.12. The minimum Gasteiger partial charge on any atom is -0.317 e. The van der Waals surface area contributed by atoms with E-state index in [4.69, 9.17) is 9.97 Å². The average Bonchev–Trinajstić information content (AvgIpc) is 3.25. The largest absolute Gasteiger partial charge is 0.317 e. The summed E-state index contributed by atoms with van der Waals surface area (Å²) in [7, 11) is 0. The number of benzene rings is 3. The third kappa shape index (κ3) is 2.57. The smallest absolute Gasteiger partial charge is 0.170 e. The molecular weight excluding hydrogens is 345 g/mol. The fourth-order valence-electron chi connectivity index (χ4n) is 3.14. The van der Waals surface area contributed by atoms with Gasteiger partial charge in [-0.25, -0.2) is 14.4 Å². The Balaban J connectivity index is 1.70. The van der Waals surface area contributed by atoms with Crippen molar-refractivity contribution in [1.82, 2.24) is 14.5 Å². The first kappa shape index (κ1) is 15.2. The maximum Gasteiger partial charge on any atom is 0.170 e. The molecule has 5 aromatic rings. The minimum atomic E-state index is -0.226. The molecule has 0 amide bonds. The van der Waals surface area contributed by atoms with E-state index in [0.29, 0.717) is 6.54 Å². The van der Waals surface area contributed by atoms with Gasteiger partial charge in [0, 0.05) is 6.54 Å². The number of fused-ring (bicyclic) bond motifs is 2. The summed E-state index contributed by atoms with van der Waals surface area (Å²) in [6.45, 7) is 0.617. The molecule has 0 saturated carbocycles. The van der Waals surface area contributed by atoms with E-state index in [-0.39, 0.29) is 5.82 Å². The van der Waals surface area contributed by atoms with E-state index >= 15 is 0 Å². The first-order chi connectivity index (χ1) is 12.8. The first-order valence-electron chi connectivity index (χ1n) is 8.33. The van der Waals surface area contributed by atoms with Gasteiger partial charge < -0.3 is 4.57 Å². The summed E-state index contributed by atoms with van der Waals surface area (Å²) in [6.07, 6.45) is 0. The Morgan fingerprint density at radius 2 is 1.54 bits per heavy atom. The molecule has 2 heterocycles. The van der Waals surface area contributed by atoms with Crippen molar-refractivity contribution in [2.45, 2.75) is 6.54 Å². The van der Waals surface area contributed by atoms with Crippen LogP contribution in [0.4, 0.5) is 4.39 Å². The molecule has 5 heteroatoms. The third-order valence-electron chi connectivity index (χ3n) is 4.39. The summed E-state index contributed by atoms with van der Waals surface area (Å²) in [4.78, 5) is 9.60. The summed E-state index contributed by atoms with van der Waals surface area (Å²) < 4.78 is 16.5. The highest BCUT2D eigenvalue weighted by molar-refractivity contribution is 7.21. The molecule has 0 aliphatic carbocycles. The van der Waals surface area contributed by atoms with Crippen LogP contribution >= 0.6 is 11.3 Å². The summed E-state index contributed by atoms with van der Waals surface area (Å²) >= 11 is 1.64. The van der Waals surface area contributed by atoms with Gasteiger partial charge in [0.05, 0.1) is 21.3 Å². The minimum absolute atomic E-state index is 0.226. The van der Waals surface area contributed by atoms with E-state index in [0.717, 1.165) is 37.6 Å². The number of rotatable bonds is 3. The molecule has 0 radical (unpaired) electrons. The van der Waals surface area contributed by atoms with Crippen LogP contribution in [0.2, 0.25) is 0 Å². The molecule has 0 saturated heterocycles. The Bertz CT molecular complexity index is 1190. The van der Waals surface area contributed by atoms with Crippen LogP contribution in [0, 0.1) is 5.82 Å².